The van der Waals surface area contributed by atoms with E-state index >= 15 is 0 Å². The number of aromatic amines is 1. The summed E-state index contributed by atoms with van der Waals surface area (Å²) in [5, 5.41) is 9.62. The van der Waals surface area contributed by atoms with Crippen molar-refractivity contribution in [2.75, 3.05) is 13.6 Å². The monoisotopic (exact) mass is 530 g/mol. The van der Waals surface area contributed by atoms with Gasteiger partial charge in [0.15, 0.2) is 0 Å². The van der Waals surface area contributed by atoms with Crippen LogP contribution in [0.4, 0.5) is 0 Å². The van der Waals surface area contributed by atoms with Gasteiger partial charge in [-0.3, -0.25) is 14.6 Å². The van der Waals surface area contributed by atoms with E-state index in [0.29, 0.717) is 29.0 Å². The van der Waals surface area contributed by atoms with Crippen LogP contribution in [0.2, 0.25) is 5.02 Å². The zero-order chi connectivity index (χ0) is 26.2. The fourth-order valence-electron chi connectivity index (χ4n) is 4.02. The van der Waals surface area contributed by atoms with Crippen LogP contribution in [0.1, 0.15) is 29.5 Å². The fraction of sp³-hybridized carbons (Fsp3) is 0.227. The Morgan fingerprint density at radius 1 is 1.31 bits per heavy atom. The Kier molecular flexibility index (Phi) is 6.80. The largest absolute Gasteiger partial charge is 0.400 e. The number of nitrogens with one attached hydrogen (secondary N) is 1. The van der Waals surface area contributed by atoms with Gasteiger partial charge in [0.05, 0.1) is 16.6 Å². The van der Waals surface area contributed by atoms with Crippen molar-refractivity contribution in [3.05, 3.63) is 80.9 Å². The van der Waals surface area contributed by atoms with Crippen LogP contribution in [0, 0.1) is 0 Å². The highest BCUT2D eigenvalue weighted by molar-refractivity contribution is 7.89. The second-order valence-electron chi connectivity index (χ2n) is 8.05. The Balaban J connectivity index is 1.63. The van der Waals surface area contributed by atoms with E-state index < -0.39 is 22.0 Å². The maximum Gasteiger partial charge on any atom is 0.294 e. The first-order valence-corrected chi connectivity index (χ1v) is 12.6. The minimum Gasteiger partial charge on any atom is -0.400 e. The van der Waals surface area contributed by atoms with Crippen LogP contribution in [-0.2, 0) is 10.0 Å². The number of carbonyl (C=O) groups is 1. The quantitative estimate of drug-likeness (QED) is 0.408. The summed E-state index contributed by atoms with van der Waals surface area (Å²) in [5.41, 5.74) is 8.23. The Bertz CT molecular complexity index is 1570. The lowest BCUT2D eigenvalue weighted by molar-refractivity contribution is 0.0694. The van der Waals surface area contributed by atoms with E-state index in [-0.39, 0.29) is 33.5 Å². The molecule has 1 aliphatic heterocycles. The van der Waals surface area contributed by atoms with Crippen LogP contribution in [0.5, 0.6) is 0 Å². The number of H-pyrrole nitrogens is 1. The molecule has 0 spiro atoms. The molecule has 2 aromatic heterocycles. The van der Waals surface area contributed by atoms with E-state index in [9.17, 15) is 18.0 Å². The van der Waals surface area contributed by atoms with Crippen molar-refractivity contribution < 1.29 is 13.2 Å². The zero-order valence-corrected chi connectivity index (χ0v) is 20.9. The molecule has 14 heteroatoms. The highest BCUT2D eigenvalue weighted by atomic mass is 35.5. The zero-order valence-electron chi connectivity index (χ0n) is 19.3. The summed E-state index contributed by atoms with van der Waals surface area (Å²) >= 11 is 6.14. The van der Waals surface area contributed by atoms with Crippen molar-refractivity contribution in [2.45, 2.75) is 24.3 Å². The summed E-state index contributed by atoms with van der Waals surface area (Å²) in [6.45, 7) is 2.03. The number of nitrogens with two attached hydrogens (primary N) is 2. The second-order valence-corrected chi connectivity index (χ2v) is 10.0. The second kappa shape index (κ2) is 9.68. The molecule has 1 aliphatic rings. The molecule has 12 nitrogen and oxygen atoms in total. The molecule has 1 amide bonds. The van der Waals surface area contributed by atoms with Crippen molar-refractivity contribution in [3.8, 4) is 5.69 Å². The Morgan fingerprint density at radius 3 is 2.72 bits per heavy atom. The number of hydrogen-bond acceptors (Lipinski definition) is 8. The van der Waals surface area contributed by atoms with Gasteiger partial charge in [0.2, 0.25) is 15.8 Å². The third-order valence-electron chi connectivity index (χ3n) is 5.84. The molecule has 5 N–H and O–H groups in total. The summed E-state index contributed by atoms with van der Waals surface area (Å²) in [5.74, 6) is -0.539. The molecule has 1 unspecified atom stereocenters. The van der Waals surface area contributed by atoms with Crippen LogP contribution in [0.15, 0.2) is 68.8 Å². The van der Waals surface area contributed by atoms with Crippen LogP contribution >= 0.6 is 11.6 Å². The predicted molar refractivity (Wildman–Crippen MR) is 134 cm³/mol. The number of benzene rings is 1. The minimum atomic E-state index is -3.99. The van der Waals surface area contributed by atoms with Crippen molar-refractivity contribution in [2.24, 2.45) is 15.9 Å². The highest BCUT2D eigenvalue weighted by Crippen LogP contribution is 2.28. The van der Waals surface area contributed by atoms with E-state index in [0.717, 1.165) is 0 Å². The number of hydrogen-bond donors (Lipinski definition) is 3. The SMILES string of the molecule is CN=C(C1=C(N)C(C)N(C(=O)c2ncn(-c3ccc[nH]c3=O)n2)CC1)c1cc(Cl)cc(S(N)(=O)=O)c1. The van der Waals surface area contributed by atoms with Crippen LogP contribution in [-0.4, -0.2) is 64.3 Å². The average molecular weight is 531 g/mol. The summed E-state index contributed by atoms with van der Waals surface area (Å²) in [4.78, 5) is 37.5. The average Bonchev–Trinajstić information content (AvgIpc) is 3.31. The summed E-state index contributed by atoms with van der Waals surface area (Å²) < 4.78 is 25.0. The molecule has 0 saturated heterocycles. The molecule has 36 heavy (non-hydrogen) atoms. The van der Waals surface area contributed by atoms with E-state index in [1.165, 1.54) is 34.2 Å². The van der Waals surface area contributed by atoms with E-state index in [1.807, 2.05) is 0 Å². The Labute approximate surface area is 211 Å². The van der Waals surface area contributed by atoms with Gasteiger partial charge >= 0.3 is 0 Å². The van der Waals surface area contributed by atoms with Crippen molar-refractivity contribution in [1.29, 1.82) is 0 Å². The molecule has 4 rings (SSSR count). The molecule has 0 bridgehead atoms. The third kappa shape index (κ3) is 4.80. The number of halogens is 1. The number of carbonyl (C=O) groups excluding carboxylic acids is 1. The van der Waals surface area contributed by atoms with Crippen LogP contribution in [0.3, 0.4) is 0 Å². The van der Waals surface area contributed by atoms with Gasteiger partial charge in [0.25, 0.3) is 11.5 Å². The Hall–Kier alpha value is -3.81. The van der Waals surface area contributed by atoms with Gasteiger partial charge in [-0.2, -0.15) is 0 Å². The normalized spacial score (nSPS) is 16.9. The molecule has 3 aromatic rings. The molecule has 0 saturated carbocycles. The molecule has 188 valence electrons. The van der Waals surface area contributed by atoms with Gasteiger partial charge in [0, 0.05) is 41.6 Å². The number of nitrogens with zero attached hydrogens (tertiary/aromatic N) is 5. The number of pyridine rings is 1. The number of sulfonamides is 1. The molecular weight excluding hydrogens is 508 g/mol. The van der Waals surface area contributed by atoms with Crippen molar-refractivity contribution >= 4 is 33.2 Å². The van der Waals surface area contributed by atoms with E-state index in [4.69, 9.17) is 22.5 Å². The molecule has 0 radical (unpaired) electrons. The predicted octanol–water partition coefficient (Wildman–Crippen LogP) is 0.823. The first-order chi connectivity index (χ1) is 17.0. The highest BCUT2D eigenvalue weighted by Gasteiger charge is 2.33. The Morgan fingerprint density at radius 2 is 2.06 bits per heavy atom. The van der Waals surface area contributed by atoms with Gasteiger partial charge in [-0.25, -0.2) is 23.2 Å². The van der Waals surface area contributed by atoms with Crippen LogP contribution < -0.4 is 16.4 Å². The molecule has 1 atom stereocenters. The summed E-state index contributed by atoms with van der Waals surface area (Å²) in [6.07, 6.45) is 3.12. The summed E-state index contributed by atoms with van der Waals surface area (Å²) in [7, 11) is -2.44. The van der Waals surface area contributed by atoms with Crippen molar-refractivity contribution in [3.63, 3.8) is 0 Å². The fourth-order valence-corrected chi connectivity index (χ4v) is 4.91. The number of aromatic nitrogens is 4. The van der Waals surface area contributed by atoms with Gasteiger partial charge in [-0.05, 0) is 43.7 Å². The number of primary sulfonamides is 1. The molecule has 1 aromatic carbocycles. The maximum atomic E-state index is 13.2. The van der Waals surface area contributed by atoms with Gasteiger partial charge < -0.3 is 15.6 Å². The topological polar surface area (TPSA) is 182 Å². The number of rotatable bonds is 5. The van der Waals surface area contributed by atoms with E-state index in [1.54, 1.807) is 32.2 Å². The number of aliphatic imine (C=N–C) groups is 1. The molecular formula is C22H23ClN8O4S. The molecule has 0 fully saturated rings. The standard InChI is InChI=1S/C22H23ClN8O4S/c1-12-18(24)16(19(26-2)13-8-14(23)10-15(9-13)36(25,34)35)5-7-30(12)22(33)20-28-11-31(29-20)17-4-3-6-27-21(17)32/h3-4,6,8-12H,5,7,24H2,1-2H3,(H,27,32)(H2,25,34,35). The van der Waals surface area contributed by atoms with Gasteiger partial charge in [-0.1, -0.05) is 11.6 Å². The lowest BCUT2D eigenvalue weighted by Crippen LogP contribution is -2.47. The lowest BCUT2D eigenvalue weighted by Gasteiger charge is -2.35. The van der Waals surface area contributed by atoms with E-state index in [2.05, 4.69) is 20.1 Å². The molecule has 0 aliphatic carbocycles. The lowest BCUT2D eigenvalue weighted by atomic mass is 9.92. The van der Waals surface area contributed by atoms with Gasteiger partial charge in [-0.15, -0.1) is 5.10 Å². The first kappa shape index (κ1) is 25.3. The molecule has 3 heterocycles. The van der Waals surface area contributed by atoms with Crippen molar-refractivity contribution in [1.82, 2.24) is 24.6 Å². The first-order valence-electron chi connectivity index (χ1n) is 10.7. The van der Waals surface area contributed by atoms with Gasteiger partial charge in [0.1, 0.15) is 12.0 Å². The summed E-state index contributed by atoms with van der Waals surface area (Å²) in [6, 6.07) is 6.86. The maximum absolute atomic E-state index is 13.2. The van der Waals surface area contributed by atoms with Crippen LogP contribution in [0.25, 0.3) is 5.69 Å². The third-order valence-corrected chi connectivity index (χ3v) is 6.95. The smallest absolute Gasteiger partial charge is 0.294 e. The number of amides is 1. The minimum absolute atomic E-state index is 0.0848.